The van der Waals surface area contributed by atoms with Gasteiger partial charge >= 0.3 is 0 Å². The molecule has 0 spiro atoms. The maximum absolute atomic E-state index is 11.8. The number of sulfonamides is 2. The van der Waals surface area contributed by atoms with E-state index in [1.807, 2.05) is 6.92 Å². The summed E-state index contributed by atoms with van der Waals surface area (Å²) in [5.74, 6) is 0. The number of nitrogens with one attached hydrogen (secondary N) is 1. The van der Waals surface area contributed by atoms with Gasteiger partial charge in [-0.05, 0) is 30.7 Å². The molecule has 0 aliphatic carbocycles. The number of halogens is 1. The first-order chi connectivity index (χ1) is 9.00. The molecule has 1 aromatic carbocycles. The third-order valence-corrected chi connectivity index (χ3v) is 5.32. The van der Waals surface area contributed by atoms with Crippen LogP contribution in [-0.2, 0) is 20.0 Å². The Hall–Kier alpha value is -0.640. The van der Waals surface area contributed by atoms with Gasteiger partial charge in [0, 0.05) is 17.6 Å². The number of rotatable bonds is 6. The SMILES string of the molecule is Cc1cc(N(CCNS(C)(=O)=O)S(C)(=O)=O)ccc1Br. The Balaban J connectivity index is 2.99. The highest BCUT2D eigenvalue weighted by Crippen LogP contribution is 2.24. The third kappa shape index (κ3) is 5.39. The first-order valence-electron chi connectivity index (χ1n) is 5.69. The molecular weight excluding hydrogens is 368 g/mol. The Bertz CT molecular complexity index is 686. The average Bonchev–Trinajstić information content (AvgIpc) is 2.25. The molecule has 0 saturated carbocycles. The summed E-state index contributed by atoms with van der Waals surface area (Å²) < 4.78 is 50.0. The molecule has 1 rings (SSSR count). The van der Waals surface area contributed by atoms with Crippen LogP contribution in [0.15, 0.2) is 22.7 Å². The Labute approximate surface area is 128 Å². The van der Waals surface area contributed by atoms with Gasteiger partial charge in [0.05, 0.1) is 18.2 Å². The van der Waals surface area contributed by atoms with Gasteiger partial charge in [0.25, 0.3) is 0 Å². The molecule has 0 radical (unpaired) electrons. The van der Waals surface area contributed by atoms with Gasteiger partial charge in [-0.15, -0.1) is 0 Å². The number of benzene rings is 1. The highest BCUT2D eigenvalue weighted by molar-refractivity contribution is 9.10. The van der Waals surface area contributed by atoms with Crippen LogP contribution < -0.4 is 9.03 Å². The molecule has 0 aromatic heterocycles. The summed E-state index contributed by atoms with van der Waals surface area (Å²) in [4.78, 5) is 0. The molecule has 0 saturated heterocycles. The van der Waals surface area contributed by atoms with E-state index in [4.69, 9.17) is 0 Å². The molecule has 0 heterocycles. The summed E-state index contributed by atoms with van der Waals surface area (Å²) in [5.41, 5.74) is 1.40. The molecule has 114 valence electrons. The van der Waals surface area contributed by atoms with Crippen LogP contribution in [0, 0.1) is 6.92 Å². The zero-order valence-electron chi connectivity index (χ0n) is 11.4. The molecule has 0 aliphatic rings. The normalized spacial score (nSPS) is 12.4. The van der Waals surface area contributed by atoms with Crippen LogP contribution in [0.2, 0.25) is 0 Å². The maximum Gasteiger partial charge on any atom is 0.232 e. The van der Waals surface area contributed by atoms with Crippen molar-refractivity contribution in [2.24, 2.45) is 0 Å². The van der Waals surface area contributed by atoms with Crippen LogP contribution in [-0.4, -0.2) is 42.4 Å². The Morgan fingerprint density at radius 1 is 1.20 bits per heavy atom. The molecule has 0 amide bonds. The largest absolute Gasteiger partial charge is 0.269 e. The van der Waals surface area contributed by atoms with Crippen LogP contribution in [0.1, 0.15) is 5.56 Å². The molecular formula is C11H17BrN2O4S2. The zero-order valence-corrected chi connectivity index (χ0v) is 14.6. The molecule has 0 bridgehead atoms. The summed E-state index contributed by atoms with van der Waals surface area (Å²) >= 11 is 3.35. The van der Waals surface area contributed by atoms with Gasteiger partial charge in [-0.3, -0.25) is 4.31 Å². The molecule has 0 atom stereocenters. The van der Waals surface area contributed by atoms with E-state index in [0.717, 1.165) is 22.5 Å². The average molecular weight is 385 g/mol. The summed E-state index contributed by atoms with van der Waals surface area (Å²) in [6, 6.07) is 5.15. The fraction of sp³-hybridized carbons (Fsp3) is 0.455. The predicted octanol–water partition coefficient (Wildman–Crippen LogP) is 1.07. The van der Waals surface area contributed by atoms with E-state index in [1.54, 1.807) is 18.2 Å². The fourth-order valence-electron chi connectivity index (χ4n) is 1.60. The monoisotopic (exact) mass is 384 g/mol. The van der Waals surface area contributed by atoms with Crippen molar-refractivity contribution >= 4 is 41.7 Å². The predicted molar refractivity (Wildman–Crippen MR) is 83.9 cm³/mol. The van der Waals surface area contributed by atoms with Crippen molar-refractivity contribution in [3.63, 3.8) is 0 Å². The summed E-state index contributed by atoms with van der Waals surface area (Å²) in [6.45, 7) is 1.90. The molecule has 6 nitrogen and oxygen atoms in total. The van der Waals surface area contributed by atoms with E-state index in [9.17, 15) is 16.8 Å². The van der Waals surface area contributed by atoms with E-state index in [0.29, 0.717) is 5.69 Å². The minimum absolute atomic E-state index is 0.0149. The molecule has 0 unspecified atom stereocenters. The number of nitrogens with zero attached hydrogens (tertiary/aromatic N) is 1. The van der Waals surface area contributed by atoms with Crippen molar-refractivity contribution in [1.82, 2.24) is 4.72 Å². The smallest absolute Gasteiger partial charge is 0.232 e. The molecule has 1 aromatic rings. The Morgan fingerprint density at radius 2 is 1.80 bits per heavy atom. The topological polar surface area (TPSA) is 83.6 Å². The second-order valence-corrected chi connectivity index (χ2v) is 9.03. The van der Waals surface area contributed by atoms with Crippen LogP contribution in [0.3, 0.4) is 0 Å². The van der Waals surface area contributed by atoms with Gasteiger partial charge in [-0.25, -0.2) is 21.6 Å². The third-order valence-electron chi connectivity index (χ3n) is 2.51. The summed E-state index contributed by atoms with van der Waals surface area (Å²) in [5, 5.41) is 0. The lowest BCUT2D eigenvalue weighted by atomic mass is 10.2. The Morgan fingerprint density at radius 3 is 2.25 bits per heavy atom. The summed E-state index contributed by atoms with van der Waals surface area (Å²) in [6.07, 6.45) is 2.12. The van der Waals surface area contributed by atoms with Gasteiger partial charge in [-0.1, -0.05) is 15.9 Å². The van der Waals surface area contributed by atoms with E-state index in [1.165, 1.54) is 4.31 Å². The van der Waals surface area contributed by atoms with Crippen molar-refractivity contribution in [2.45, 2.75) is 6.92 Å². The first-order valence-corrected chi connectivity index (χ1v) is 10.2. The van der Waals surface area contributed by atoms with E-state index < -0.39 is 20.0 Å². The minimum Gasteiger partial charge on any atom is -0.269 e. The van der Waals surface area contributed by atoms with Crippen LogP contribution in [0.5, 0.6) is 0 Å². The van der Waals surface area contributed by atoms with Crippen LogP contribution in [0.4, 0.5) is 5.69 Å². The standard InChI is InChI=1S/C11H17BrN2O4S2/c1-9-8-10(4-5-11(9)12)14(20(3,17)18)7-6-13-19(2,15)16/h4-5,8,13H,6-7H2,1-3H3. The van der Waals surface area contributed by atoms with Crippen LogP contribution >= 0.6 is 15.9 Å². The highest BCUT2D eigenvalue weighted by atomic mass is 79.9. The zero-order chi connectivity index (χ0) is 15.6. The van der Waals surface area contributed by atoms with Crippen molar-refractivity contribution in [3.05, 3.63) is 28.2 Å². The molecule has 1 N–H and O–H groups in total. The van der Waals surface area contributed by atoms with Gasteiger partial charge < -0.3 is 0 Å². The van der Waals surface area contributed by atoms with E-state index in [-0.39, 0.29) is 13.1 Å². The van der Waals surface area contributed by atoms with Crippen molar-refractivity contribution in [3.8, 4) is 0 Å². The van der Waals surface area contributed by atoms with Gasteiger partial charge in [0.2, 0.25) is 20.0 Å². The van der Waals surface area contributed by atoms with Crippen LogP contribution in [0.25, 0.3) is 0 Å². The fourth-order valence-corrected chi connectivity index (χ4v) is 3.23. The van der Waals surface area contributed by atoms with Crippen molar-refractivity contribution in [1.29, 1.82) is 0 Å². The molecule has 0 aliphatic heterocycles. The van der Waals surface area contributed by atoms with Gasteiger partial charge in [0.15, 0.2) is 0 Å². The van der Waals surface area contributed by atoms with E-state index >= 15 is 0 Å². The van der Waals surface area contributed by atoms with Crippen molar-refractivity contribution in [2.75, 3.05) is 29.9 Å². The number of hydrogen-bond acceptors (Lipinski definition) is 4. The highest BCUT2D eigenvalue weighted by Gasteiger charge is 2.18. The molecule has 9 heteroatoms. The van der Waals surface area contributed by atoms with E-state index in [2.05, 4.69) is 20.7 Å². The maximum atomic E-state index is 11.8. The number of aryl methyl sites for hydroxylation is 1. The molecule has 0 fully saturated rings. The second-order valence-electron chi connectivity index (χ2n) is 4.44. The second kappa shape index (κ2) is 6.42. The first kappa shape index (κ1) is 17.4. The lowest BCUT2D eigenvalue weighted by Gasteiger charge is -2.23. The lowest BCUT2D eigenvalue weighted by Crippen LogP contribution is -2.37. The Kier molecular flexibility index (Phi) is 5.59. The quantitative estimate of drug-likeness (QED) is 0.794. The lowest BCUT2D eigenvalue weighted by molar-refractivity contribution is 0.583. The number of anilines is 1. The number of hydrogen-bond donors (Lipinski definition) is 1. The van der Waals surface area contributed by atoms with Gasteiger partial charge in [0.1, 0.15) is 0 Å². The van der Waals surface area contributed by atoms with Gasteiger partial charge in [-0.2, -0.15) is 0 Å². The molecule has 20 heavy (non-hydrogen) atoms. The van der Waals surface area contributed by atoms with Crippen molar-refractivity contribution < 1.29 is 16.8 Å². The summed E-state index contributed by atoms with van der Waals surface area (Å²) in [7, 11) is -6.82. The minimum atomic E-state index is -3.48.